The van der Waals surface area contributed by atoms with Gasteiger partial charge in [0.25, 0.3) is 5.91 Å². The maximum absolute atomic E-state index is 12.3. The second-order valence-electron chi connectivity index (χ2n) is 6.24. The van der Waals surface area contributed by atoms with Crippen LogP contribution in [-0.4, -0.2) is 24.0 Å². The summed E-state index contributed by atoms with van der Waals surface area (Å²) in [7, 11) is 0. The predicted molar refractivity (Wildman–Crippen MR) is 89.1 cm³/mol. The molecule has 0 unspecified atom stereocenters. The molecular formula is C19H18N2O3. The molecule has 1 N–H and O–H groups in total. The SMILES string of the molecule is C[C@](C#N)(NC(=O)COC(=O)c1cccc2ccccc12)C1CC1. The highest BCUT2D eigenvalue weighted by Gasteiger charge is 2.43. The number of esters is 1. The topological polar surface area (TPSA) is 79.2 Å². The van der Waals surface area contributed by atoms with Crippen LogP contribution in [-0.2, 0) is 9.53 Å². The van der Waals surface area contributed by atoms with E-state index < -0.39 is 24.0 Å². The normalized spacial score (nSPS) is 16.0. The molecule has 5 nitrogen and oxygen atoms in total. The first kappa shape index (κ1) is 16.0. The third kappa shape index (κ3) is 3.23. The molecule has 0 heterocycles. The van der Waals surface area contributed by atoms with Gasteiger partial charge >= 0.3 is 5.97 Å². The molecule has 0 bridgehead atoms. The van der Waals surface area contributed by atoms with E-state index in [1.54, 1.807) is 19.1 Å². The Labute approximate surface area is 140 Å². The average molecular weight is 322 g/mol. The zero-order valence-corrected chi connectivity index (χ0v) is 13.4. The van der Waals surface area contributed by atoms with E-state index in [9.17, 15) is 14.9 Å². The summed E-state index contributed by atoms with van der Waals surface area (Å²) in [5, 5.41) is 13.6. The first-order chi connectivity index (χ1) is 11.5. The molecule has 0 saturated heterocycles. The molecular weight excluding hydrogens is 304 g/mol. The first-order valence-electron chi connectivity index (χ1n) is 7.90. The minimum atomic E-state index is -0.886. The third-order valence-electron chi connectivity index (χ3n) is 4.37. The highest BCUT2D eigenvalue weighted by Crippen LogP contribution is 2.39. The molecule has 122 valence electrons. The summed E-state index contributed by atoms with van der Waals surface area (Å²) in [6, 6.07) is 15.0. The van der Waals surface area contributed by atoms with E-state index >= 15 is 0 Å². The number of rotatable bonds is 5. The molecule has 3 rings (SSSR count). The zero-order chi connectivity index (χ0) is 17.2. The van der Waals surface area contributed by atoms with Crippen LogP contribution < -0.4 is 5.32 Å². The minimum absolute atomic E-state index is 0.181. The first-order valence-corrected chi connectivity index (χ1v) is 7.90. The lowest BCUT2D eigenvalue weighted by molar-refractivity contribution is -0.125. The van der Waals surface area contributed by atoms with E-state index in [0.717, 1.165) is 23.6 Å². The molecule has 0 radical (unpaired) electrons. The summed E-state index contributed by atoms with van der Waals surface area (Å²) < 4.78 is 5.13. The minimum Gasteiger partial charge on any atom is -0.452 e. The van der Waals surface area contributed by atoms with Crippen LogP contribution in [0.2, 0.25) is 0 Å². The molecule has 2 aromatic rings. The molecule has 1 aliphatic rings. The number of fused-ring (bicyclic) bond motifs is 1. The van der Waals surface area contributed by atoms with Gasteiger partial charge in [-0.25, -0.2) is 4.79 Å². The molecule has 1 aliphatic carbocycles. The number of nitrogens with one attached hydrogen (secondary N) is 1. The Bertz CT molecular complexity index is 831. The Morgan fingerprint density at radius 2 is 1.96 bits per heavy atom. The van der Waals surface area contributed by atoms with Crippen molar-refractivity contribution in [3.8, 4) is 6.07 Å². The molecule has 1 fully saturated rings. The van der Waals surface area contributed by atoms with Gasteiger partial charge in [0, 0.05) is 0 Å². The van der Waals surface area contributed by atoms with Crippen molar-refractivity contribution in [2.24, 2.45) is 5.92 Å². The molecule has 5 heteroatoms. The molecule has 1 saturated carbocycles. The molecule has 2 aromatic carbocycles. The number of nitrogens with zero attached hydrogens (tertiary/aromatic N) is 1. The van der Waals surface area contributed by atoms with Gasteiger partial charge in [0.15, 0.2) is 6.61 Å². The summed E-state index contributed by atoms with van der Waals surface area (Å²) in [6.07, 6.45) is 1.86. The number of amides is 1. The van der Waals surface area contributed by atoms with Crippen molar-refractivity contribution < 1.29 is 14.3 Å². The number of carbonyl (C=O) groups is 2. The number of nitriles is 1. The fourth-order valence-electron chi connectivity index (χ4n) is 2.82. The lowest BCUT2D eigenvalue weighted by Crippen LogP contribution is -2.48. The van der Waals surface area contributed by atoms with E-state index in [0.29, 0.717) is 5.56 Å². The predicted octanol–water partition coefficient (Wildman–Crippen LogP) is 2.81. The van der Waals surface area contributed by atoms with Crippen molar-refractivity contribution in [3.63, 3.8) is 0 Å². The monoisotopic (exact) mass is 322 g/mol. The van der Waals surface area contributed by atoms with E-state index in [-0.39, 0.29) is 5.92 Å². The number of carbonyl (C=O) groups excluding carboxylic acids is 2. The number of ether oxygens (including phenoxy) is 1. The largest absolute Gasteiger partial charge is 0.452 e. The van der Waals surface area contributed by atoms with Gasteiger partial charge in [0.05, 0.1) is 11.6 Å². The van der Waals surface area contributed by atoms with Gasteiger partial charge in [-0.15, -0.1) is 0 Å². The number of benzene rings is 2. The quantitative estimate of drug-likeness (QED) is 0.859. The Balaban J connectivity index is 1.65. The van der Waals surface area contributed by atoms with Gasteiger partial charge in [-0.1, -0.05) is 36.4 Å². The smallest absolute Gasteiger partial charge is 0.339 e. The summed E-state index contributed by atoms with van der Waals surface area (Å²) in [5.41, 5.74) is -0.464. The van der Waals surface area contributed by atoms with Gasteiger partial charge < -0.3 is 10.1 Å². The average Bonchev–Trinajstić information content (AvgIpc) is 3.44. The van der Waals surface area contributed by atoms with Gasteiger partial charge in [-0.05, 0) is 42.5 Å². The van der Waals surface area contributed by atoms with Crippen molar-refractivity contribution in [2.45, 2.75) is 25.3 Å². The van der Waals surface area contributed by atoms with Crippen molar-refractivity contribution in [2.75, 3.05) is 6.61 Å². The van der Waals surface area contributed by atoms with Gasteiger partial charge in [0.2, 0.25) is 0 Å². The molecule has 24 heavy (non-hydrogen) atoms. The lowest BCUT2D eigenvalue weighted by atomic mass is 9.98. The lowest BCUT2D eigenvalue weighted by Gasteiger charge is -2.22. The fourth-order valence-corrected chi connectivity index (χ4v) is 2.82. The van der Waals surface area contributed by atoms with E-state index in [1.807, 2.05) is 30.3 Å². The Kier molecular flexibility index (Phi) is 4.22. The van der Waals surface area contributed by atoms with Gasteiger partial charge in [-0.3, -0.25) is 4.79 Å². The van der Waals surface area contributed by atoms with Crippen molar-refractivity contribution in [1.82, 2.24) is 5.32 Å². The summed E-state index contributed by atoms with van der Waals surface area (Å²) in [4.78, 5) is 24.3. The fraction of sp³-hybridized carbons (Fsp3) is 0.316. The maximum Gasteiger partial charge on any atom is 0.339 e. The Morgan fingerprint density at radius 3 is 2.67 bits per heavy atom. The Hall–Kier alpha value is -2.87. The Morgan fingerprint density at radius 1 is 1.25 bits per heavy atom. The van der Waals surface area contributed by atoms with Crippen molar-refractivity contribution in [1.29, 1.82) is 5.26 Å². The third-order valence-corrected chi connectivity index (χ3v) is 4.37. The van der Waals surface area contributed by atoms with Crippen LogP contribution in [0, 0.1) is 17.2 Å². The summed E-state index contributed by atoms with van der Waals surface area (Å²) >= 11 is 0. The zero-order valence-electron chi connectivity index (χ0n) is 13.4. The summed E-state index contributed by atoms with van der Waals surface area (Å²) in [6.45, 7) is 1.31. The van der Waals surface area contributed by atoms with Crippen LogP contribution in [0.25, 0.3) is 10.8 Å². The van der Waals surface area contributed by atoms with E-state index in [4.69, 9.17) is 4.74 Å². The highest BCUT2D eigenvalue weighted by atomic mass is 16.5. The molecule has 0 aliphatic heterocycles. The number of hydrogen-bond acceptors (Lipinski definition) is 4. The van der Waals surface area contributed by atoms with Crippen molar-refractivity contribution >= 4 is 22.6 Å². The highest BCUT2D eigenvalue weighted by molar-refractivity contribution is 6.04. The van der Waals surface area contributed by atoms with E-state index in [2.05, 4.69) is 11.4 Å². The van der Waals surface area contributed by atoms with Gasteiger partial charge in [0.1, 0.15) is 5.54 Å². The standard InChI is InChI=1S/C19H18N2O3/c1-19(12-20,14-9-10-14)21-17(22)11-24-18(23)16-8-4-6-13-5-2-3-7-15(13)16/h2-8,14H,9-11H2,1H3,(H,21,22)/t19-/m1/s1. The number of hydrogen-bond donors (Lipinski definition) is 1. The van der Waals surface area contributed by atoms with Gasteiger partial charge in [-0.2, -0.15) is 5.26 Å². The van der Waals surface area contributed by atoms with Crippen molar-refractivity contribution in [3.05, 3.63) is 48.0 Å². The van der Waals surface area contributed by atoms with Crippen LogP contribution >= 0.6 is 0 Å². The van der Waals surface area contributed by atoms with Crippen LogP contribution in [0.3, 0.4) is 0 Å². The second-order valence-corrected chi connectivity index (χ2v) is 6.24. The van der Waals surface area contributed by atoms with Crippen LogP contribution in [0.4, 0.5) is 0 Å². The second kappa shape index (κ2) is 6.32. The molecule has 1 atom stereocenters. The van der Waals surface area contributed by atoms with Crippen LogP contribution in [0.15, 0.2) is 42.5 Å². The molecule has 1 amide bonds. The maximum atomic E-state index is 12.3. The van der Waals surface area contributed by atoms with E-state index in [1.165, 1.54) is 0 Å². The molecule has 0 spiro atoms. The summed E-state index contributed by atoms with van der Waals surface area (Å²) in [5.74, 6) is -0.827. The van der Waals surface area contributed by atoms with Crippen LogP contribution in [0.1, 0.15) is 30.1 Å². The van der Waals surface area contributed by atoms with Crippen LogP contribution in [0.5, 0.6) is 0 Å². The molecule has 0 aromatic heterocycles.